The van der Waals surface area contributed by atoms with Crippen LogP contribution in [0.1, 0.15) is 5.56 Å². The maximum atomic E-state index is 13.8. The van der Waals surface area contributed by atoms with Gasteiger partial charge in [0.25, 0.3) is 5.91 Å². The SMILES string of the molecule is O=C(COc1ccc(/C=N\NC(=O)C(=O)Nc2cccc(Cl)c2)cc1)Nc1ccc(Br)cc1F. The number of rotatable bonds is 7. The van der Waals surface area contributed by atoms with Gasteiger partial charge < -0.3 is 15.4 Å². The molecular weight excluding hydrogens is 531 g/mol. The van der Waals surface area contributed by atoms with Crippen LogP contribution in [0.3, 0.4) is 0 Å². The fraction of sp³-hybridized carbons (Fsp3) is 0.0435. The first-order valence-corrected chi connectivity index (χ1v) is 10.8. The van der Waals surface area contributed by atoms with Crippen molar-refractivity contribution in [2.45, 2.75) is 0 Å². The second kappa shape index (κ2) is 11.9. The molecule has 0 saturated carbocycles. The zero-order chi connectivity index (χ0) is 24.5. The van der Waals surface area contributed by atoms with E-state index in [1.54, 1.807) is 48.5 Å². The van der Waals surface area contributed by atoms with E-state index in [-0.39, 0.29) is 12.3 Å². The second-order valence-corrected chi connectivity index (χ2v) is 8.05. The van der Waals surface area contributed by atoms with Crippen LogP contribution in [0.5, 0.6) is 5.75 Å². The molecule has 0 fully saturated rings. The summed E-state index contributed by atoms with van der Waals surface area (Å²) in [5, 5.41) is 8.98. The van der Waals surface area contributed by atoms with E-state index in [0.717, 1.165) is 0 Å². The molecule has 0 aliphatic rings. The van der Waals surface area contributed by atoms with Gasteiger partial charge in [0.2, 0.25) is 0 Å². The third-order valence-corrected chi connectivity index (χ3v) is 4.85. The Morgan fingerprint density at radius 2 is 1.76 bits per heavy atom. The van der Waals surface area contributed by atoms with Crippen molar-refractivity contribution in [3.63, 3.8) is 0 Å². The first-order valence-electron chi connectivity index (χ1n) is 9.68. The molecule has 0 unspecified atom stereocenters. The topological polar surface area (TPSA) is 109 Å². The number of carbonyl (C=O) groups excluding carboxylic acids is 3. The lowest BCUT2D eigenvalue weighted by molar-refractivity contribution is -0.136. The number of hydrazone groups is 1. The van der Waals surface area contributed by atoms with Crippen LogP contribution in [-0.2, 0) is 14.4 Å². The van der Waals surface area contributed by atoms with E-state index in [1.165, 1.54) is 24.4 Å². The Balaban J connectivity index is 1.44. The molecule has 3 aromatic rings. The summed E-state index contributed by atoms with van der Waals surface area (Å²) in [4.78, 5) is 35.7. The molecule has 3 amide bonds. The number of ether oxygens (including phenoxy) is 1. The van der Waals surface area contributed by atoms with Gasteiger partial charge in [-0.3, -0.25) is 14.4 Å². The minimum atomic E-state index is -0.954. The Hall–Kier alpha value is -3.76. The number of benzene rings is 3. The molecule has 0 heterocycles. The largest absolute Gasteiger partial charge is 0.484 e. The summed E-state index contributed by atoms with van der Waals surface area (Å²) in [6.07, 6.45) is 1.33. The van der Waals surface area contributed by atoms with Crippen molar-refractivity contribution < 1.29 is 23.5 Å². The van der Waals surface area contributed by atoms with Crippen molar-refractivity contribution >= 4 is 62.8 Å². The van der Waals surface area contributed by atoms with Crippen LogP contribution in [-0.4, -0.2) is 30.5 Å². The van der Waals surface area contributed by atoms with Gasteiger partial charge in [-0.25, -0.2) is 9.82 Å². The molecule has 0 bridgehead atoms. The summed E-state index contributed by atoms with van der Waals surface area (Å²) in [6, 6.07) is 17.1. The van der Waals surface area contributed by atoms with Crippen LogP contribution >= 0.6 is 27.5 Å². The molecule has 0 aromatic heterocycles. The number of hydrogen-bond donors (Lipinski definition) is 3. The monoisotopic (exact) mass is 546 g/mol. The number of anilines is 2. The Kier molecular flexibility index (Phi) is 8.72. The average molecular weight is 548 g/mol. The lowest BCUT2D eigenvalue weighted by Gasteiger charge is -2.08. The predicted octanol–water partition coefficient (Wildman–Crippen LogP) is 4.35. The minimum Gasteiger partial charge on any atom is -0.484 e. The van der Waals surface area contributed by atoms with Gasteiger partial charge in [-0.2, -0.15) is 5.10 Å². The fourth-order valence-electron chi connectivity index (χ4n) is 2.55. The molecule has 174 valence electrons. The molecule has 0 aliphatic heterocycles. The maximum Gasteiger partial charge on any atom is 0.329 e. The Morgan fingerprint density at radius 1 is 1.00 bits per heavy atom. The van der Waals surface area contributed by atoms with Crippen molar-refractivity contribution in [3.05, 3.63) is 87.6 Å². The summed E-state index contributed by atoms with van der Waals surface area (Å²) in [6.45, 7) is -0.319. The lowest BCUT2D eigenvalue weighted by atomic mass is 10.2. The molecular formula is C23H17BrClFN4O4. The molecule has 0 saturated heterocycles. The van der Waals surface area contributed by atoms with Crippen molar-refractivity contribution in [1.82, 2.24) is 5.43 Å². The summed E-state index contributed by atoms with van der Waals surface area (Å²) in [5.41, 5.74) is 3.15. The lowest BCUT2D eigenvalue weighted by Crippen LogP contribution is -2.32. The first kappa shape index (κ1) is 24.9. The van der Waals surface area contributed by atoms with E-state index < -0.39 is 23.5 Å². The average Bonchev–Trinajstić information content (AvgIpc) is 2.80. The highest BCUT2D eigenvalue weighted by Gasteiger charge is 2.13. The molecule has 0 radical (unpaired) electrons. The molecule has 0 atom stereocenters. The zero-order valence-corrected chi connectivity index (χ0v) is 19.7. The Bertz CT molecular complexity index is 1240. The van der Waals surface area contributed by atoms with E-state index in [9.17, 15) is 18.8 Å². The smallest absolute Gasteiger partial charge is 0.329 e. The number of nitrogens with zero attached hydrogens (tertiary/aromatic N) is 1. The molecule has 8 nitrogen and oxygen atoms in total. The quantitative estimate of drug-likeness (QED) is 0.232. The van der Waals surface area contributed by atoms with Crippen molar-refractivity contribution in [2.24, 2.45) is 5.10 Å². The van der Waals surface area contributed by atoms with E-state index in [1.807, 2.05) is 0 Å². The molecule has 0 spiro atoms. The summed E-state index contributed by atoms with van der Waals surface area (Å²) < 4.78 is 19.7. The number of hydrogen-bond acceptors (Lipinski definition) is 5. The molecule has 11 heteroatoms. The van der Waals surface area contributed by atoms with E-state index >= 15 is 0 Å². The number of halogens is 3. The highest BCUT2D eigenvalue weighted by Crippen LogP contribution is 2.19. The zero-order valence-electron chi connectivity index (χ0n) is 17.3. The fourth-order valence-corrected chi connectivity index (χ4v) is 3.07. The third kappa shape index (κ3) is 7.68. The van der Waals surface area contributed by atoms with Crippen LogP contribution in [0.25, 0.3) is 0 Å². The molecule has 3 rings (SSSR count). The van der Waals surface area contributed by atoms with E-state index in [2.05, 4.69) is 37.1 Å². The first-order chi connectivity index (χ1) is 16.3. The molecule has 34 heavy (non-hydrogen) atoms. The summed E-state index contributed by atoms with van der Waals surface area (Å²) in [7, 11) is 0. The maximum absolute atomic E-state index is 13.8. The van der Waals surface area contributed by atoms with Crippen LogP contribution in [0.2, 0.25) is 5.02 Å². The molecule has 3 aromatic carbocycles. The van der Waals surface area contributed by atoms with Gasteiger partial charge in [0.15, 0.2) is 6.61 Å². The second-order valence-electron chi connectivity index (χ2n) is 6.69. The van der Waals surface area contributed by atoms with Crippen LogP contribution in [0, 0.1) is 5.82 Å². The van der Waals surface area contributed by atoms with Crippen molar-refractivity contribution in [2.75, 3.05) is 17.2 Å². The minimum absolute atomic E-state index is 0.0478. The van der Waals surface area contributed by atoms with Crippen molar-refractivity contribution in [1.29, 1.82) is 0 Å². The van der Waals surface area contributed by atoms with Crippen LogP contribution in [0.15, 0.2) is 76.3 Å². The molecule has 3 N–H and O–H groups in total. The number of amides is 3. The van der Waals surface area contributed by atoms with Gasteiger partial charge in [0, 0.05) is 15.2 Å². The number of carbonyl (C=O) groups is 3. The van der Waals surface area contributed by atoms with Gasteiger partial charge in [0.1, 0.15) is 11.6 Å². The van der Waals surface area contributed by atoms with Gasteiger partial charge in [0.05, 0.1) is 11.9 Å². The number of nitrogens with one attached hydrogen (secondary N) is 3. The highest BCUT2D eigenvalue weighted by molar-refractivity contribution is 9.10. The Labute approximate surface area is 207 Å². The van der Waals surface area contributed by atoms with E-state index in [4.69, 9.17) is 16.3 Å². The van der Waals surface area contributed by atoms with Gasteiger partial charge >= 0.3 is 11.8 Å². The van der Waals surface area contributed by atoms with Crippen molar-refractivity contribution in [3.8, 4) is 5.75 Å². The summed E-state index contributed by atoms with van der Waals surface area (Å²) >= 11 is 8.97. The van der Waals surface area contributed by atoms with Gasteiger partial charge in [-0.1, -0.05) is 33.6 Å². The van der Waals surface area contributed by atoms with Crippen LogP contribution in [0.4, 0.5) is 15.8 Å². The molecule has 0 aliphatic carbocycles. The third-order valence-electron chi connectivity index (χ3n) is 4.12. The Morgan fingerprint density at radius 3 is 2.47 bits per heavy atom. The van der Waals surface area contributed by atoms with Gasteiger partial charge in [-0.05, 0) is 66.2 Å². The highest BCUT2D eigenvalue weighted by atomic mass is 79.9. The van der Waals surface area contributed by atoms with Crippen LogP contribution < -0.4 is 20.8 Å². The van der Waals surface area contributed by atoms with Gasteiger partial charge in [-0.15, -0.1) is 0 Å². The summed E-state index contributed by atoms with van der Waals surface area (Å²) in [5.74, 6) is -2.55. The van der Waals surface area contributed by atoms with E-state index in [0.29, 0.717) is 26.5 Å². The predicted molar refractivity (Wildman–Crippen MR) is 130 cm³/mol. The standard InChI is InChI=1S/C23H17BrClFN4O4/c24-15-6-9-20(19(26)10-15)29-21(31)13-34-18-7-4-14(5-8-18)12-27-30-23(33)22(32)28-17-3-1-2-16(25)11-17/h1-12H,13H2,(H,28,32)(H,29,31)(H,30,33)/b27-12-. The normalized spacial score (nSPS) is 10.6.